The molecule has 0 atom stereocenters. The molecule has 0 saturated carbocycles. The van der Waals surface area contributed by atoms with Crippen LogP contribution in [0.2, 0.25) is 0 Å². The van der Waals surface area contributed by atoms with Gasteiger partial charge in [-0.05, 0) is 78.3 Å². The molecule has 0 amide bonds. The molecule has 1 heterocycles. The van der Waals surface area contributed by atoms with E-state index in [-0.39, 0.29) is 18.3 Å². The zero-order chi connectivity index (χ0) is 21.6. The molecule has 0 N–H and O–H groups in total. The molecule has 3 heteroatoms. The molecule has 5 rings (SSSR count). The van der Waals surface area contributed by atoms with E-state index in [1.807, 2.05) is 0 Å². The van der Waals surface area contributed by atoms with E-state index >= 15 is 0 Å². The summed E-state index contributed by atoms with van der Waals surface area (Å²) >= 11 is 0. The third kappa shape index (κ3) is 3.69. The first kappa shape index (κ1) is 20.1. The lowest BCUT2D eigenvalue weighted by Crippen LogP contribution is -2.41. The molecule has 154 valence electrons. The van der Waals surface area contributed by atoms with Crippen LogP contribution >= 0.6 is 0 Å². The molecule has 1 aliphatic heterocycles. The lowest BCUT2D eigenvalue weighted by Gasteiger charge is -2.32. The van der Waals surface area contributed by atoms with Crippen molar-refractivity contribution < 1.29 is 9.31 Å². The molecule has 1 fully saturated rings. The minimum absolute atomic E-state index is 0.333. The minimum Gasteiger partial charge on any atom is -0.399 e. The summed E-state index contributed by atoms with van der Waals surface area (Å²) in [6, 6.07) is 32.3. The molecule has 31 heavy (non-hydrogen) atoms. The summed E-state index contributed by atoms with van der Waals surface area (Å²) in [7, 11) is -0.336. The average Bonchev–Trinajstić information content (AvgIpc) is 3.00. The van der Waals surface area contributed by atoms with Crippen molar-refractivity contribution in [2.75, 3.05) is 0 Å². The topological polar surface area (TPSA) is 18.5 Å². The van der Waals surface area contributed by atoms with Crippen LogP contribution in [0.5, 0.6) is 0 Å². The fourth-order valence-electron chi connectivity index (χ4n) is 4.08. The van der Waals surface area contributed by atoms with Gasteiger partial charge in [-0.1, -0.05) is 78.9 Å². The fourth-order valence-corrected chi connectivity index (χ4v) is 4.08. The van der Waals surface area contributed by atoms with E-state index in [1.54, 1.807) is 0 Å². The highest BCUT2D eigenvalue weighted by Gasteiger charge is 2.51. The van der Waals surface area contributed by atoms with Gasteiger partial charge in [0.1, 0.15) is 0 Å². The van der Waals surface area contributed by atoms with Gasteiger partial charge in [0, 0.05) is 0 Å². The van der Waals surface area contributed by atoms with Gasteiger partial charge < -0.3 is 9.31 Å². The Morgan fingerprint density at radius 1 is 0.516 bits per heavy atom. The molecule has 4 aromatic rings. The Hall–Kier alpha value is -2.88. The summed E-state index contributed by atoms with van der Waals surface area (Å²) in [5.41, 5.74) is 5.30. The summed E-state index contributed by atoms with van der Waals surface area (Å²) in [5, 5.41) is 2.40. The summed E-state index contributed by atoms with van der Waals surface area (Å²) < 4.78 is 12.5. The molecular formula is C28H27BO2. The molecule has 0 unspecified atom stereocenters. The van der Waals surface area contributed by atoms with Crippen LogP contribution in [0.4, 0.5) is 0 Å². The summed E-state index contributed by atoms with van der Waals surface area (Å²) in [6.07, 6.45) is 0. The first-order valence-corrected chi connectivity index (χ1v) is 10.9. The molecule has 1 aliphatic rings. The van der Waals surface area contributed by atoms with Crippen LogP contribution in [0, 0.1) is 0 Å². The van der Waals surface area contributed by atoms with E-state index in [0.717, 1.165) is 5.46 Å². The first-order chi connectivity index (χ1) is 14.8. The maximum Gasteiger partial charge on any atom is 0.494 e. The van der Waals surface area contributed by atoms with E-state index in [1.165, 1.54) is 33.0 Å². The van der Waals surface area contributed by atoms with Gasteiger partial charge in [-0.3, -0.25) is 0 Å². The molecule has 0 aliphatic carbocycles. The second kappa shape index (κ2) is 7.37. The summed E-state index contributed by atoms with van der Waals surface area (Å²) in [6.45, 7) is 8.35. The minimum atomic E-state index is -0.336. The highest BCUT2D eigenvalue weighted by molar-refractivity contribution is 6.62. The Kier molecular flexibility index (Phi) is 4.77. The number of hydrogen-bond donors (Lipinski definition) is 0. The monoisotopic (exact) mass is 406 g/mol. The van der Waals surface area contributed by atoms with E-state index in [0.29, 0.717) is 0 Å². The number of rotatable bonds is 3. The molecule has 1 saturated heterocycles. The van der Waals surface area contributed by atoms with E-state index in [9.17, 15) is 0 Å². The molecular weight excluding hydrogens is 379 g/mol. The third-order valence-electron chi connectivity index (χ3n) is 6.69. The Bertz CT molecular complexity index is 1230. The smallest absolute Gasteiger partial charge is 0.399 e. The lowest BCUT2D eigenvalue weighted by molar-refractivity contribution is 0.00578. The first-order valence-electron chi connectivity index (χ1n) is 10.9. The molecule has 0 aromatic heterocycles. The Labute approximate surface area is 185 Å². The van der Waals surface area contributed by atoms with Gasteiger partial charge in [-0.2, -0.15) is 0 Å². The number of benzene rings is 4. The molecule has 0 radical (unpaired) electrons. The molecule has 0 bridgehead atoms. The predicted octanol–water partition coefficient (Wildman–Crippen LogP) is 6.47. The average molecular weight is 406 g/mol. The van der Waals surface area contributed by atoms with Gasteiger partial charge in [0.15, 0.2) is 0 Å². The highest BCUT2D eigenvalue weighted by Crippen LogP contribution is 2.37. The Morgan fingerprint density at radius 3 is 1.77 bits per heavy atom. The second-order valence-electron chi connectivity index (χ2n) is 9.36. The van der Waals surface area contributed by atoms with Gasteiger partial charge in [0.05, 0.1) is 11.2 Å². The molecule has 0 spiro atoms. The van der Waals surface area contributed by atoms with Crippen LogP contribution in [-0.2, 0) is 9.31 Å². The Balaban J connectivity index is 1.46. The fraction of sp³-hybridized carbons (Fsp3) is 0.214. The van der Waals surface area contributed by atoms with E-state index in [2.05, 4.69) is 119 Å². The van der Waals surface area contributed by atoms with Crippen molar-refractivity contribution in [3.63, 3.8) is 0 Å². The quantitative estimate of drug-likeness (QED) is 0.363. The van der Waals surface area contributed by atoms with Crippen molar-refractivity contribution >= 4 is 23.4 Å². The Morgan fingerprint density at radius 2 is 1.06 bits per heavy atom. The van der Waals surface area contributed by atoms with Gasteiger partial charge in [-0.25, -0.2) is 0 Å². The van der Waals surface area contributed by atoms with Crippen molar-refractivity contribution in [2.45, 2.75) is 38.9 Å². The molecule has 4 aromatic carbocycles. The summed E-state index contributed by atoms with van der Waals surface area (Å²) in [4.78, 5) is 0. The molecule has 2 nitrogen and oxygen atoms in total. The normalized spacial score (nSPS) is 17.2. The highest BCUT2D eigenvalue weighted by atomic mass is 16.7. The van der Waals surface area contributed by atoms with Gasteiger partial charge >= 0.3 is 7.12 Å². The van der Waals surface area contributed by atoms with Crippen LogP contribution in [0.3, 0.4) is 0 Å². The standard InChI is InChI=1S/C28H27BO2/c1-27(2)28(3,4)31-29(30-27)26-16-15-24-18-23(13-14-25(24)19-26)22-12-8-11-21(17-22)20-9-6-5-7-10-20/h5-19H,1-4H3. The van der Waals surface area contributed by atoms with Crippen molar-refractivity contribution in [1.82, 2.24) is 0 Å². The van der Waals surface area contributed by atoms with Gasteiger partial charge in [-0.15, -0.1) is 0 Å². The summed E-state index contributed by atoms with van der Waals surface area (Å²) in [5.74, 6) is 0. The maximum atomic E-state index is 6.23. The van der Waals surface area contributed by atoms with Gasteiger partial charge in [0.2, 0.25) is 0 Å². The zero-order valence-electron chi connectivity index (χ0n) is 18.6. The number of fused-ring (bicyclic) bond motifs is 1. The van der Waals surface area contributed by atoms with Crippen molar-refractivity contribution in [2.24, 2.45) is 0 Å². The van der Waals surface area contributed by atoms with Gasteiger partial charge in [0.25, 0.3) is 0 Å². The van der Waals surface area contributed by atoms with Crippen LogP contribution in [-0.4, -0.2) is 18.3 Å². The van der Waals surface area contributed by atoms with Crippen LogP contribution < -0.4 is 5.46 Å². The predicted molar refractivity (Wildman–Crippen MR) is 131 cm³/mol. The SMILES string of the molecule is CC1(C)OB(c2ccc3cc(-c4cccc(-c5ccccc5)c4)ccc3c2)OC1(C)C. The third-order valence-corrected chi connectivity index (χ3v) is 6.69. The van der Waals surface area contributed by atoms with Crippen LogP contribution in [0.25, 0.3) is 33.0 Å². The van der Waals surface area contributed by atoms with Crippen molar-refractivity contribution in [3.8, 4) is 22.3 Å². The van der Waals surface area contributed by atoms with Crippen molar-refractivity contribution in [3.05, 3.63) is 91.0 Å². The largest absolute Gasteiger partial charge is 0.494 e. The van der Waals surface area contributed by atoms with E-state index < -0.39 is 0 Å². The maximum absolute atomic E-state index is 6.23. The second-order valence-corrected chi connectivity index (χ2v) is 9.36. The van der Waals surface area contributed by atoms with Crippen LogP contribution in [0.15, 0.2) is 91.0 Å². The van der Waals surface area contributed by atoms with Crippen molar-refractivity contribution in [1.29, 1.82) is 0 Å². The van der Waals surface area contributed by atoms with E-state index in [4.69, 9.17) is 9.31 Å². The number of hydrogen-bond acceptors (Lipinski definition) is 2. The zero-order valence-corrected chi connectivity index (χ0v) is 18.6. The van der Waals surface area contributed by atoms with Crippen LogP contribution in [0.1, 0.15) is 27.7 Å². The lowest BCUT2D eigenvalue weighted by atomic mass is 9.78.